The van der Waals surface area contributed by atoms with Gasteiger partial charge in [0.25, 0.3) is 0 Å². The van der Waals surface area contributed by atoms with Crippen LogP contribution in [0.5, 0.6) is 0 Å². The summed E-state index contributed by atoms with van der Waals surface area (Å²) in [5.74, 6) is -0.566. The van der Waals surface area contributed by atoms with Crippen LogP contribution >= 0.6 is 11.6 Å². The minimum Gasteiger partial charge on any atom is -0.378 e. The number of para-hydroxylation sites is 2. The zero-order valence-electron chi connectivity index (χ0n) is 15.4. The summed E-state index contributed by atoms with van der Waals surface area (Å²) in [6.07, 6.45) is 1.07. The molecule has 2 aromatic carbocycles. The highest BCUT2D eigenvalue weighted by atomic mass is 35.5. The normalized spacial score (nSPS) is 17.7. The molecule has 4 rings (SSSR count). The summed E-state index contributed by atoms with van der Waals surface area (Å²) < 4.78 is 5.41. The molecule has 0 spiro atoms. The van der Waals surface area contributed by atoms with Crippen molar-refractivity contribution in [2.75, 3.05) is 41.8 Å². The largest absolute Gasteiger partial charge is 0.378 e. The molecule has 0 bridgehead atoms. The molecule has 1 saturated heterocycles. The quantitative estimate of drug-likeness (QED) is 0.754. The molecule has 2 aliphatic rings. The minimum absolute atomic E-state index is 0.271. The van der Waals surface area contributed by atoms with Gasteiger partial charge in [0.2, 0.25) is 11.8 Å². The SMILES string of the molecule is O=C(Nc1cccc(Cl)c1)C1(C(=O)Nc2ccccc2N2CCOCC2)CC1. The number of hydrogen-bond donors (Lipinski definition) is 2. The van der Waals surface area contributed by atoms with Gasteiger partial charge in [-0.1, -0.05) is 29.8 Å². The van der Waals surface area contributed by atoms with Crippen molar-refractivity contribution in [3.8, 4) is 0 Å². The van der Waals surface area contributed by atoms with Crippen LogP contribution in [0.4, 0.5) is 17.1 Å². The summed E-state index contributed by atoms with van der Waals surface area (Å²) in [4.78, 5) is 28.0. The van der Waals surface area contributed by atoms with E-state index in [0.717, 1.165) is 24.5 Å². The molecule has 0 radical (unpaired) electrons. The van der Waals surface area contributed by atoms with Gasteiger partial charge < -0.3 is 20.3 Å². The summed E-state index contributed by atoms with van der Waals surface area (Å²) in [6, 6.07) is 14.6. The zero-order valence-corrected chi connectivity index (χ0v) is 16.2. The van der Waals surface area contributed by atoms with Gasteiger partial charge in [-0.3, -0.25) is 9.59 Å². The number of carbonyl (C=O) groups is 2. The van der Waals surface area contributed by atoms with Crippen molar-refractivity contribution in [1.82, 2.24) is 0 Å². The minimum atomic E-state index is -1.03. The molecule has 1 aliphatic carbocycles. The van der Waals surface area contributed by atoms with Gasteiger partial charge in [0.05, 0.1) is 24.6 Å². The number of morpholine rings is 1. The fourth-order valence-corrected chi connectivity index (χ4v) is 3.59. The predicted octanol–water partition coefficient (Wildman–Crippen LogP) is 3.53. The van der Waals surface area contributed by atoms with Gasteiger partial charge in [0.15, 0.2) is 0 Å². The number of halogens is 1. The number of nitrogens with zero attached hydrogens (tertiary/aromatic N) is 1. The van der Waals surface area contributed by atoms with Crippen LogP contribution < -0.4 is 15.5 Å². The Hall–Kier alpha value is -2.57. The highest BCUT2D eigenvalue weighted by Crippen LogP contribution is 2.48. The Kier molecular flexibility index (Phi) is 5.24. The third-order valence-corrected chi connectivity index (χ3v) is 5.44. The first kappa shape index (κ1) is 18.8. The van der Waals surface area contributed by atoms with Crippen LogP contribution in [0.15, 0.2) is 48.5 Å². The van der Waals surface area contributed by atoms with Crippen LogP contribution in [0.1, 0.15) is 12.8 Å². The van der Waals surface area contributed by atoms with Crippen LogP contribution in [0.3, 0.4) is 0 Å². The van der Waals surface area contributed by atoms with Crippen molar-refractivity contribution >= 4 is 40.5 Å². The van der Waals surface area contributed by atoms with Gasteiger partial charge >= 0.3 is 0 Å². The van der Waals surface area contributed by atoms with Gasteiger partial charge in [0, 0.05) is 23.8 Å². The first-order valence-electron chi connectivity index (χ1n) is 9.39. The van der Waals surface area contributed by atoms with Gasteiger partial charge in [-0.25, -0.2) is 0 Å². The van der Waals surface area contributed by atoms with E-state index < -0.39 is 5.41 Å². The number of hydrogen-bond acceptors (Lipinski definition) is 4. The van der Waals surface area contributed by atoms with Crippen LogP contribution in [-0.2, 0) is 14.3 Å². The zero-order chi connectivity index (χ0) is 19.6. The first-order valence-corrected chi connectivity index (χ1v) is 9.76. The van der Waals surface area contributed by atoms with Crippen molar-refractivity contribution in [3.63, 3.8) is 0 Å². The number of nitrogens with one attached hydrogen (secondary N) is 2. The number of amides is 2. The third-order valence-electron chi connectivity index (χ3n) is 5.21. The van der Waals surface area contributed by atoms with E-state index >= 15 is 0 Å². The lowest BCUT2D eigenvalue weighted by molar-refractivity contribution is -0.131. The Morgan fingerprint density at radius 2 is 1.68 bits per heavy atom. The molecule has 1 aliphatic heterocycles. The Bertz CT molecular complexity index is 892. The summed E-state index contributed by atoms with van der Waals surface area (Å²) >= 11 is 5.98. The van der Waals surface area contributed by atoms with Gasteiger partial charge in [-0.2, -0.15) is 0 Å². The van der Waals surface area contributed by atoms with E-state index in [1.54, 1.807) is 24.3 Å². The van der Waals surface area contributed by atoms with Crippen molar-refractivity contribution in [2.24, 2.45) is 5.41 Å². The molecule has 2 fully saturated rings. The topological polar surface area (TPSA) is 70.7 Å². The molecule has 2 amide bonds. The molecule has 7 heteroatoms. The van der Waals surface area contributed by atoms with Gasteiger partial charge in [-0.05, 0) is 43.2 Å². The molecule has 0 unspecified atom stereocenters. The van der Waals surface area contributed by atoms with E-state index in [2.05, 4.69) is 15.5 Å². The van der Waals surface area contributed by atoms with E-state index in [0.29, 0.717) is 36.8 Å². The van der Waals surface area contributed by atoms with Crippen molar-refractivity contribution in [3.05, 3.63) is 53.6 Å². The second-order valence-corrected chi connectivity index (χ2v) is 7.55. The summed E-state index contributed by atoms with van der Waals surface area (Å²) in [5, 5.41) is 6.33. The average molecular weight is 400 g/mol. The lowest BCUT2D eigenvalue weighted by Crippen LogP contribution is -2.38. The lowest BCUT2D eigenvalue weighted by atomic mass is 10.0. The van der Waals surface area contributed by atoms with E-state index in [4.69, 9.17) is 16.3 Å². The van der Waals surface area contributed by atoms with E-state index in [1.165, 1.54) is 0 Å². The molecule has 2 N–H and O–H groups in total. The summed E-state index contributed by atoms with van der Waals surface area (Å²) in [6.45, 7) is 2.86. The van der Waals surface area contributed by atoms with E-state index in [1.807, 2.05) is 24.3 Å². The van der Waals surface area contributed by atoms with Crippen LogP contribution in [-0.4, -0.2) is 38.1 Å². The molecule has 146 valence electrons. The maximum Gasteiger partial charge on any atom is 0.240 e. The number of carbonyl (C=O) groups excluding carboxylic acids is 2. The molecule has 28 heavy (non-hydrogen) atoms. The molecule has 2 aromatic rings. The van der Waals surface area contributed by atoms with Gasteiger partial charge in [-0.15, -0.1) is 0 Å². The second-order valence-electron chi connectivity index (χ2n) is 7.12. The monoisotopic (exact) mass is 399 g/mol. The smallest absolute Gasteiger partial charge is 0.240 e. The Labute approximate surface area is 168 Å². The number of benzene rings is 2. The van der Waals surface area contributed by atoms with Crippen molar-refractivity contribution in [1.29, 1.82) is 0 Å². The molecule has 6 nitrogen and oxygen atoms in total. The lowest BCUT2D eigenvalue weighted by Gasteiger charge is -2.30. The molecular weight excluding hydrogens is 378 g/mol. The predicted molar refractivity (Wildman–Crippen MR) is 110 cm³/mol. The van der Waals surface area contributed by atoms with E-state index in [9.17, 15) is 9.59 Å². The van der Waals surface area contributed by atoms with Gasteiger partial charge in [0.1, 0.15) is 5.41 Å². The standard InChI is InChI=1S/C21H22ClN3O3/c22-15-4-3-5-16(14-15)23-19(26)21(8-9-21)20(27)24-17-6-1-2-7-18(17)25-10-12-28-13-11-25/h1-7,14H,8-13H2,(H,23,26)(H,24,27). The highest BCUT2D eigenvalue weighted by Gasteiger charge is 2.56. The number of ether oxygens (including phenoxy) is 1. The Morgan fingerprint density at radius 3 is 2.39 bits per heavy atom. The highest BCUT2D eigenvalue weighted by molar-refractivity contribution is 6.31. The van der Waals surface area contributed by atoms with Crippen molar-refractivity contribution < 1.29 is 14.3 Å². The fraction of sp³-hybridized carbons (Fsp3) is 0.333. The maximum atomic E-state index is 13.0. The molecule has 1 heterocycles. The van der Waals surface area contributed by atoms with E-state index in [-0.39, 0.29) is 11.8 Å². The second kappa shape index (κ2) is 7.81. The number of rotatable bonds is 5. The third kappa shape index (κ3) is 3.84. The molecule has 0 aromatic heterocycles. The molecular formula is C21H22ClN3O3. The Morgan fingerprint density at radius 1 is 0.964 bits per heavy atom. The Balaban J connectivity index is 1.48. The maximum absolute atomic E-state index is 13.0. The number of anilines is 3. The van der Waals surface area contributed by atoms with Crippen LogP contribution in [0.25, 0.3) is 0 Å². The fourth-order valence-electron chi connectivity index (χ4n) is 3.40. The van der Waals surface area contributed by atoms with Crippen molar-refractivity contribution in [2.45, 2.75) is 12.8 Å². The summed E-state index contributed by atoms with van der Waals surface area (Å²) in [7, 11) is 0. The molecule has 1 saturated carbocycles. The molecule has 0 atom stereocenters. The first-order chi connectivity index (χ1) is 13.6. The summed E-state index contributed by atoms with van der Waals surface area (Å²) in [5.41, 5.74) is 1.23. The van der Waals surface area contributed by atoms with Crippen LogP contribution in [0.2, 0.25) is 5.02 Å². The average Bonchev–Trinajstić information content (AvgIpc) is 3.51. The van der Waals surface area contributed by atoms with Crippen LogP contribution in [0, 0.1) is 5.41 Å².